The van der Waals surface area contributed by atoms with E-state index in [1.54, 1.807) is 37.5 Å². The molecule has 2 aliphatic rings. The van der Waals surface area contributed by atoms with Crippen LogP contribution in [-0.2, 0) is 9.59 Å². The van der Waals surface area contributed by atoms with Crippen molar-refractivity contribution in [2.75, 3.05) is 37.0 Å². The van der Waals surface area contributed by atoms with E-state index in [9.17, 15) is 14.4 Å². The van der Waals surface area contributed by atoms with Crippen LogP contribution in [0.1, 0.15) is 24.8 Å². The highest BCUT2D eigenvalue weighted by Crippen LogP contribution is 2.35. The van der Waals surface area contributed by atoms with Gasteiger partial charge in [-0.3, -0.25) is 19.3 Å². The molecule has 2 aliphatic heterocycles. The van der Waals surface area contributed by atoms with Crippen molar-refractivity contribution in [2.24, 2.45) is 0 Å². The molecular weight excluding hydrogens is 462 g/mol. The summed E-state index contributed by atoms with van der Waals surface area (Å²) in [5.41, 5.74) is 2.32. The summed E-state index contributed by atoms with van der Waals surface area (Å²) in [6, 6.07) is 12.4. The zero-order valence-electron chi connectivity index (χ0n) is 18.2. The van der Waals surface area contributed by atoms with E-state index in [2.05, 4.69) is 10.2 Å². The fourth-order valence-electron chi connectivity index (χ4n) is 3.82. The number of hydrogen-bond donors (Lipinski definition) is 1. The van der Waals surface area contributed by atoms with Gasteiger partial charge in [0, 0.05) is 41.1 Å². The summed E-state index contributed by atoms with van der Waals surface area (Å²) in [7, 11) is 1.58. The fourth-order valence-corrected chi connectivity index (χ4v) is 4.78. The number of thioether (sulfide) groups is 1. The predicted molar refractivity (Wildman–Crippen MR) is 132 cm³/mol. The number of hydrogen-bond acceptors (Lipinski definition) is 6. The molecule has 0 saturated carbocycles. The van der Waals surface area contributed by atoms with Crippen LogP contribution in [0.25, 0.3) is 6.08 Å². The zero-order chi connectivity index (χ0) is 23.4. The average Bonchev–Trinajstić information content (AvgIpc) is 3.08. The molecular formula is C24H24ClN3O4S. The molecule has 7 nitrogen and oxygen atoms in total. The van der Waals surface area contributed by atoms with Gasteiger partial charge in [0.2, 0.25) is 5.91 Å². The molecule has 0 unspecified atom stereocenters. The number of benzene rings is 2. The number of anilines is 2. The summed E-state index contributed by atoms with van der Waals surface area (Å²) in [4.78, 5) is 41.1. The highest BCUT2D eigenvalue weighted by atomic mass is 35.5. The van der Waals surface area contributed by atoms with E-state index in [4.69, 9.17) is 16.3 Å². The molecule has 172 valence electrons. The number of amides is 3. The number of halogens is 1. The van der Waals surface area contributed by atoms with Gasteiger partial charge in [0.05, 0.1) is 12.0 Å². The average molecular weight is 486 g/mol. The number of nitrogens with zero attached hydrogens (tertiary/aromatic N) is 2. The Balaban J connectivity index is 1.46. The molecule has 2 saturated heterocycles. The Morgan fingerprint density at radius 2 is 1.85 bits per heavy atom. The first-order valence-electron chi connectivity index (χ1n) is 10.7. The summed E-state index contributed by atoms with van der Waals surface area (Å²) in [5.74, 6) is -0.340. The predicted octanol–water partition coefficient (Wildman–Crippen LogP) is 5.01. The lowest BCUT2D eigenvalue weighted by Gasteiger charge is -2.29. The quantitative estimate of drug-likeness (QED) is 0.579. The highest BCUT2D eigenvalue weighted by molar-refractivity contribution is 8.18. The first-order valence-corrected chi connectivity index (χ1v) is 11.9. The van der Waals surface area contributed by atoms with Crippen LogP contribution in [0.4, 0.5) is 16.2 Å². The monoisotopic (exact) mass is 485 g/mol. The molecule has 0 aliphatic carbocycles. The van der Waals surface area contributed by atoms with Crippen LogP contribution >= 0.6 is 23.4 Å². The van der Waals surface area contributed by atoms with Crippen molar-refractivity contribution >= 4 is 57.9 Å². The molecule has 0 radical (unpaired) electrons. The van der Waals surface area contributed by atoms with E-state index >= 15 is 0 Å². The van der Waals surface area contributed by atoms with Gasteiger partial charge in [-0.15, -0.1) is 0 Å². The lowest BCUT2D eigenvalue weighted by molar-refractivity contribution is -0.127. The highest BCUT2D eigenvalue weighted by Gasteiger charge is 2.36. The number of nitrogens with one attached hydrogen (secondary N) is 1. The summed E-state index contributed by atoms with van der Waals surface area (Å²) in [6.07, 6.45) is 5.23. The Hall–Kier alpha value is -2.97. The van der Waals surface area contributed by atoms with Crippen LogP contribution in [0.15, 0.2) is 47.4 Å². The van der Waals surface area contributed by atoms with E-state index in [1.807, 2.05) is 18.2 Å². The molecule has 0 atom stereocenters. The van der Waals surface area contributed by atoms with Gasteiger partial charge in [-0.2, -0.15) is 0 Å². The maximum atomic E-state index is 12.8. The van der Waals surface area contributed by atoms with Crippen LogP contribution in [0.5, 0.6) is 5.75 Å². The standard InChI is InChI=1S/C24H24ClN3O4S/c1-32-20-14-19(27-11-3-2-4-12-27)10-5-16(20)13-21-23(30)28(24(31)33-21)15-22(29)26-18-8-6-17(25)7-9-18/h5-10,13-14H,2-4,11-12,15H2,1H3,(H,26,29)/b21-13-. The minimum absolute atomic E-state index is 0.253. The topological polar surface area (TPSA) is 79.0 Å². The molecule has 0 aromatic heterocycles. The van der Waals surface area contributed by atoms with Gasteiger partial charge in [-0.1, -0.05) is 11.6 Å². The fraction of sp³-hybridized carbons (Fsp3) is 0.292. The molecule has 2 fully saturated rings. The number of carbonyl (C=O) groups is 3. The molecule has 4 rings (SSSR count). The minimum atomic E-state index is -0.501. The first-order chi connectivity index (χ1) is 15.9. The van der Waals surface area contributed by atoms with Crippen LogP contribution in [-0.4, -0.2) is 48.7 Å². The number of piperidine rings is 1. The van der Waals surface area contributed by atoms with Gasteiger partial charge in [0.1, 0.15) is 12.3 Å². The maximum Gasteiger partial charge on any atom is 0.294 e. The van der Waals surface area contributed by atoms with Crippen molar-refractivity contribution in [1.82, 2.24) is 4.90 Å². The number of methoxy groups -OCH3 is 1. The van der Waals surface area contributed by atoms with E-state index in [0.717, 1.165) is 35.4 Å². The largest absolute Gasteiger partial charge is 0.496 e. The van der Waals surface area contributed by atoms with Gasteiger partial charge >= 0.3 is 0 Å². The van der Waals surface area contributed by atoms with E-state index in [-0.39, 0.29) is 11.4 Å². The SMILES string of the molecule is COc1cc(N2CCCCC2)ccc1/C=C1\SC(=O)N(CC(=O)Nc2ccc(Cl)cc2)C1=O. The normalized spacial score (nSPS) is 17.6. The van der Waals surface area contributed by atoms with Crippen LogP contribution in [0.2, 0.25) is 5.02 Å². The van der Waals surface area contributed by atoms with Gasteiger partial charge in [0.15, 0.2) is 0 Å². The lowest BCUT2D eigenvalue weighted by atomic mass is 10.1. The van der Waals surface area contributed by atoms with Gasteiger partial charge in [0.25, 0.3) is 11.1 Å². The van der Waals surface area contributed by atoms with E-state index in [1.165, 1.54) is 19.3 Å². The van der Waals surface area contributed by atoms with Gasteiger partial charge in [-0.25, -0.2) is 0 Å². The molecule has 9 heteroatoms. The molecule has 1 N–H and O–H groups in total. The lowest BCUT2D eigenvalue weighted by Crippen LogP contribution is -2.36. The Bertz CT molecular complexity index is 1100. The van der Waals surface area contributed by atoms with Crippen LogP contribution in [0.3, 0.4) is 0 Å². The Kier molecular flexibility index (Phi) is 7.25. The molecule has 2 aromatic carbocycles. The maximum absolute atomic E-state index is 12.8. The second-order valence-electron chi connectivity index (χ2n) is 7.80. The summed E-state index contributed by atoms with van der Waals surface area (Å²) in [5, 5.41) is 2.72. The van der Waals surface area contributed by atoms with E-state index in [0.29, 0.717) is 22.0 Å². The molecule has 3 amide bonds. The summed E-state index contributed by atoms with van der Waals surface area (Å²) >= 11 is 6.66. The van der Waals surface area contributed by atoms with Crippen molar-refractivity contribution in [2.45, 2.75) is 19.3 Å². The Morgan fingerprint density at radius 3 is 2.55 bits per heavy atom. The molecule has 0 spiro atoms. The van der Waals surface area contributed by atoms with Gasteiger partial charge < -0.3 is 15.0 Å². The Labute approximate surface area is 201 Å². The molecule has 33 heavy (non-hydrogen) atoms. The molecule has 2 aromatic rings. The third-order valence-corrected chi connectivity index (χ3v) is 6.69. The second-order valence-corrected chi connectivity index (χ2v) is 9.23. The summed E-state index contributed by atoms with van der Waals surface area (Å²) in [6.45, 7) is 1.66. The third kappa shape index (κ3) is 5.51. The summed E-state index contributed by atoms with van der Waals surface area (Å²) < 4.78 is 5.55. The van der Waals surface area contributed by atoms with Gasteiger partial charge in [-0.05, 0) is 73.5 Å². The van der Waals surface area contributed by atoms with E-state index < -0.39 is 17.1 Å². The molecule has 0 bridgehead atoms. The van der Waals surface area contributed by atoms with Crippen molar-refractivity contribution in [3.8, 4) is 5.75 Å². The van der Waals surface area contributed by atoms with Crippen molar-refractivity contribution < 1.29 is 19.1 Å². The zero-order valence-corrected chi connectivity index (χ0v) is 19.7. The first kappa shape index (κ1) is 23.2. The number of imide groups is 1. The number of rotatable bonds is 6. The Morgan fingerprint density at radius 1 is 1.12 bits per heavy atom. The minimum Gasteiger partial charge on any atom is -0.496 e. The van der Waals surface area contributed by atoms with Crippen molar-refractivity contribution in [3.63, 3.8) is 0 Å². The van der Waals surface area contributed by atoms with Crippen LogP contribution < -0.4 is 15.0 Å². The third-order valence-electron chi connectivity index (χ3n) is 5.53. The number of carbonyl (C=O) groups excluding carboxylic acids is 3. The van der Waals surface area contributed by atoms with Crippen molar-refractivity contribution in [1.29, 1.82) is 0 Å². The number of ether oxygens (including phenoxy) is 1. The van der Waals surface area contributed by atoms with Crippen molar-refractivity contribution in [3.05, 3.63) is 58.0 Å². The van der Waals surface area contributed by atoms with Crippen LogP contribution in [0, 0.1) is 0 Å². The second kappa shape index (κ2) is 10.3. The smallest absolute Gasteiger partial charge is 0.294 e. The molecule has 2 heterocycles.